The average molecular weight is 842 g/mol. The summed E-state index contributed by atoms with van der Waals surface area (Å²) in [6.45, 7) is 9.37. The highest BCUT2D eigenvalue weighted by Gasteiger charge is 2.34. The number of aliphatic carboxylic acids is 1. The first-order valence-electron chi connectivity index (χ1n) is 21.4. The predicted octanol–water partition coefficient (Wildman–Crippen LogP) is 8.93. The van der Waals surface area contributed by atoms with Crippen molar-refractivity contribution in [2.45, 2.75) is 103 Å². The zero-order valence-corrected chi connectivity index (χ0v) is 37.8. The van der Waals surface area contributed by atoms with Crippen LogP contribution in [0.4, 0.5) is 0 Å². The zero-order valence-electron chi connectivity index (χ0n) is 37.0. The van der Waals surface area contributed by atoms with E-state index in [9.17, 15) is 19.8 Å². The number of carbonyl (C=O) groups is 2. The first kappa shape index (κ1) is 48.3. The summed E-state index contributed by atoms with van der Waals surface area (Å²) in [4.78, 5) is 27.8. The van der Waals surface area contributed by atoms with E-state index in [2.05, 4.69) is 27.2 Å². The lowest BCUT2D eigenvalue weighted by Crippen LogP contribution is -2.42. The van der Waals surface area contributed by atoms with Gasteiger partial charge in [0.25, 0.3) is 0 Å². The van der Waals surface area contributed by atoms with Crippen LogP contribution in [-0.2, 0) is 22.4 Å². The summed E-state index contributed by atoms with van der Waals surface area (Å²) < 4.78 is 0. The highest BCUT2D eigenvalue weighted by molar-refractivity contribution is 6.30. The second-order valence-corrected chi connectivity index (χ2v) is 17.9. The van der Waals surface area contributed by atoms with Crippen molar-refractivity contribution in [2.75, 3.05) is 41.3 Å². The van der Waals surface area contributed by atoms with Gasteiger partial charge in [-0.2, -0.15) is 0 Å². The van der Waals surface area contributed by atoms with Gasteiger partial charge in [-0.25, -0.2) is 0 Å². The number of rotatable bonds is 17. The van der Waals surface area contributed by atoms with Gasteiger partial charge in [0.15, 0.2) is 0 Å². The molecular weight excluding hydrogens is 772 g/mol. The number of halogens is 1. The minimum absolute atomic E-state index is 0.104. The average Bonchev–Trinajstić information content (AvgIpc) is 4.12. The molecule has 10 heteroatoms. The number of nitrogens with two attached hydrogens (primary N) is 1. The van der Waals surface area contributed by atoms with Gasteiger partial charge in [-0.1, -0.05) is 54.1 Å². The summed E-state index contributed by atoms with van der Waals surface area (Å²) in [5.74, 6) is 1.76. The fourth-order valence-corrected chi connectivity index (χ4v) is 8.31. The van der Waals surface area contributed by atoms with Crippen LogP contribution in [0.25, 0.3) is 0 Å². The van der Waals surface area contributed by atoms with E-state index in [-0.39, 0.29) is 30.2 Å². The molecule has 6 N–H and O–H groups in total. The van der Waals surface area contributed by atoms with E-state index in [1.54, 1.807) is 12.1 Å². The Hall–Kier alpha value is -4.41. The van der Waals surface area contributed by atoms with Crippen LogP contribution in [0.15, 0.2) is 78.9 Å². The van der Waals surface area contributed by atoms with Crippen molar-refractivity contribution in [3.05, 3.63) is 128 Å². The van der Waals surface area contributed by atoms with Gasteiger partial charge in [-0.05, 0) is 199 Å². The van der Waals surface area contributed by atoms with Gasteiger partial charge in [-0.15, -0.1) is 0 Å². The normalized spacial score (nSPS) is 15.5. The van der Waals surface area contributed by atoms with Crippen molar-refractivity contribution in [3.8, 4) is 11.5 Å². The number of phenolic OH excluding ortho intramolecular Hbond substituents is 2. The van der Waals surface area contributed by atoms with Crippen molar-refractivity contribution in [3.63, 3.8) is 0 Å². The number of amides is 1. The SMILES string of the molecule is Cc1cc(O)cc(C)c1C[C@@H](CN)N(C)C.Cc1cc(O)cc(C)c1C[C@@H](CNC(=O)C[C@H](c1ccc(Cl)cc1)C1CC1)N(C)C.O=C(O)C[C@H](c1ccccc1)C1CC1. The molecule has 0 unspecified atom stereocenters. The van der Waals surface area contributed by atoms with Gasteiger partial charge in [0.05, 0.1) is 6.42 Å². The number of carboxylic acids is 1. The molecule has 0 radical (unpaired) electrons. The second-order valence-electron chi connectivity index (χ2n) is 17.5. The fourth-order valence-electron chi connectivity index (χ4n) is 8.18. The molecule has 2 aliphatic carbocycles. The van der Waals surface area contributed by atoms with Crippen LogP contribution < -0.4 is 11.1 Å². The number of aromatic hydroxyl groups is 2. The highest BCUT2D eigenvalue weighted by Crippen LogP contribution is 2.45. The maximum Gasteiger partial charge on any atom is 0.303 e. The molecule has 6 rings (SSSR count). The lowest BCUT2D eigenvalue weighted by Gasteiger charge is -2.27. The monoisotopic (exact) mass is 840 g/mol. The van der Waals surface area contributed by atoms with Gasteiger partial charge >= 0.3 is 5.97 Å². The van der Waals surface area contributed by atoms with Crippen molar-refractivity contribution >= 4 is 23.5 Å². The lowest BCUT2D eigenvalue weighted by atomic mass is 9.90. The van der Waals surface area contributed by atoms with E-state index < -0.39 is 5.97 Å². The van der Waals surface area contributed by atoms with Crippen LogP contribution in [0.1, 0.15) is 94.9 Å². The van der Waals surface area contributed by atoms with Gasteiger partial charge in [-0.3, -0.25) is 9.59 Å². The molecule has 2 fully saturated rings. The van der Waals surface area contributed by atoms with Crippen LogP contribution in [0, 0.1) is 39.5 Å². The van der Waals surface area contributed by atoms with Crippen LogP contribution in [0.2, 0.25) is 5.02 Å². The van der Waals surface area contributed by atoms with Crippen LogP contribution in [-0.4, -0.2) is 90.4 Å². The Bertz CT molecular complexity index is 1930. The zero-order chi connectivity index (χ0) is 44.1. The van der Waals surface area contributed by atoms with E-state index >= 15 is 0 Å². The molecule has 0 aliphatic heterocycles. The highest BCUT2D eigenvalue weighted by atomic mass is 35.5. The molecule has 0 bridgehead atoms. The molecule has 1 amide bonds. The summed E-state index contributed by atoms with van der Waals surface area (Å²) in [6, 6.07) is 25.7. The molecule has 0 spiro atoms. The van der Waals surface area contributed by atoms with Crippen molar-refractivity contribution in [1.82, 2.24) is 15.1 Å². The number of nitrogens with one attached hydrogen (secondary N) is 1. The molecular formula is C50H69ClN4O5. The molecule has 326 valence electrons. The third-order valence-corrected chi connectivity index (χ3v) is 12.5. The molecule has 2 saturated carbocycles. The summed E-state index contributed by atoms with van der Waals surface area (Å²) in [6.07, 6.45) is 7.31. The summed E-state index contributed by atoms with van der Waals surface area (Å²) in [5.41, 5.74) is 15.1. The van der Waals surface area contributed by atoms with Crippen LogP contribution in [0.3, 0.4) is 0 Å². The van der Waals surface area contributed by atoms with Crippen LogP contribution in [0.5, 0.6) is 11.5 Å². The molecule has 9 nitrogen and oxygen atoms in total. The molecule has 0 saturated heterocycles. The number of hydrogen-bond donors (Lipinski definition) is 5. The number of carboxylic acid groups (broad SMARTS) is 1. The molecule has 2 aliphatic rings. The predicted molar refractivity (Wildman–Crippen MR) is 245 cm³/mol. The number of aryl methyl sites for hydroxylation is 4. The number of hydrogen-bond acceptors (Lipinski definition) is 7. The number of phenols is 2. The Balaban J connectivity index is 0.000000221. The smallest absolute Gasteiger partial charge is 0.303 e. The van der Waals surface area contributed by atoms with Crippen molar-refractivity contribution in [2.24, 2.45) is 17.6 Å². The minimum atomic E-state index is -0.689. The quantitative estimate of drug-likeness (QED) is 0.0711. The molecule has 0 aromatic heterocycles. The van der Waals surface area contributed by atoms with Crippen LogP contribution >= 0.6 is 11.6 Å². The lowest BCUT2D eigenvalue weighted by molar-refractivity contribution is -0.137. The standard InChI is InChI=1S/C25H33ClN2O2.C13H22N2O.C12H14O2/c1-16-11-22(29)12-17(2)23(16)13-21(28(3)4)15-27-25(30)14-24(18-5-6-18)19-7-9-20(26)10-8-19;1-9-5-12(16)6-10(2)13(9)7-11(8-14)15(3)4;13-12(14)8-11(10-6-7-10)9-4-2-1-3-5-9/h7-12,18,21,24,29H,5-6,13-15H2,1-4H3,(H,27,30);5-6,11,16H,7-8,14H2,1-4H3;1-5,10-11H,6-8H2,(H,13,14)/t21-,24-;2*11-/m001/s1. The van der Waals surface area contributed by atoms with E-state index in [0.717, 1.165) is 40.1 Å². The second kappa shape index (κ2) is 23.0. The Morgan fingerprint density at radius 2 is 1.10 bits per heavy atom. The number of nitrogens with zero attached hydrogens (tertiary/aromatic N) is 2. The van der Waals surface area contributed by atoms with Gasteiger partial charge in [0.2, 0.25) is 5.91 Å². The van der Waals surface area contributed by atoms with E-state index in [4.69, 9.17) is 22.4 Å². The first-order chi connectivity index (χ1) is 28.5. The van der Waals surface area contributed by atoms with Crippen molar-refractivity contribution in [1.29, 1.82) is 0 Å². The summed E-state index contributed by atoms with van der Waals surface area (Å²) in [7, 11) is 8.18. The number of carbonyl (C=O) groups excluding carboxylic acids is 1. The van der Waals surface area contributed by atoms with E-state index in [1.165, 1.54) is 47.9 Å². The van der Waals surface area contributed by atoms with E-state index in [1.807, 2.05) is 110 Å². The Labute approximate surface area is 364 Å². The number of benzene rings is 4. The maximum absolute atomic E-state index is 12.8. The molecule has 0 heterocycles. The largest absolute Gasteiger partial charge is 0.508 e. The molecule has 4 aromatic rings. The molecule has 60 heavy (non-hydrogen) atoms. The minimum Gasteiger partial charge on any atom is -0.508 e. The Morgan fingerprint density at radius 1 is 0.683 bits per heavy atom. The Morgan fingerprint density at radius 3 is 1.50 bits per heavy atom. The Kier molecular flexibility index (Phi) is 18.5. The van der Waals surface area contributed by atoms with Gasteiger partial charge in [0, 0.05) is 36.6 Å². The third-order valence-electron chi connectivity index (χ3n) is 12.2. The van der Waals surface area contributed by atoms with E-state index in [0.29, 0.717) is 48.9 Å². The molecule has 4 aromatic carbocycles. The summed E-state index contributed by atoms with van der Waals surface area (Å²) >= 11 is 6.03. The van der Waals surface area contributed by atoms with Crippen molar-refractivity contribution < 1.29 is 24.9 Å². The van der Waals surface area contributed by atoms with Gasteiger partial charge < -0.3 is 36.2 Å². The van der Waals surface area contributed by atoms with Gasteiger partial charge in [0.1, 0.15) is 11.5 Å². The third kappa shape index (κ3) is 15.2. The summed E-state index contributed by atoms with van der Waals surface area (Å²) in [5, 5.41) is 32.0. The first-order valence-corrected chi connectivity index (χ1v) is 21.7. The fraction of sp³-hybridized carbons (Fsp3) is 0.480. The maximum atomic E-state index is 12.8. The topological polar surface area (TPSA) is 139 Å². The molecule has 4 atom stereocenters. The number of likely N-dealkylation sites (N-methyl/N-ethyl adjacent to an activating group) is 2.